The minimum Gasteiger partial charge on any atom is -0.547 e. The zero-order chi connectivity index (χ0) is 15.7. The predicted molar refractivity (Wildman–Crippen MR) is 69.5 cm³/mol. The second-order valence-electron chi connectivity index (χ2n) is 4.94. The Balaban J connectivity index is 0.00000192. The van der Waals surface area contributed by atoms with E-state index in [1.807, 2.05) is 18.2 Å². The molecule has 7 nitrogen and oxygen atoms in total. The van der Waals surface area contributed by atoms with E-state index in [-0.39, 0.29) is 54.3 Å². The van der Waals surface area contributed by atoms with E-state index in [1.165, 1.54) is 0 Å². The molecule has 1 aromatic carbocycles. The molecule has 3 rings (SSSR count). The molecule has 1 aromatic rings. The van der Waals surface area contributed by atoms with Crippen LogP contribution in [0, 0.1) is 0 Å². The maximum atomic E-state index is 11.8. The Hall–Kier alpha value is -1.83. The molecule has 0 spiro atoms. The van der Waals surface area contributed by atoms with Gasteiger partial charge in [0.1, 0.15) is 18.4 Å². The third-order valence-corrected chi connectivity index (χ3v) is 3.47. The molecule has 2 aliphatic heterocycles. The number of rotatable bonds is 4. The van der Waals surface area contributed by atoms with E-state index >= 15 is 0 Å². The van der Waals surface area contributed by atoms with E-state index in [0.717, 1.165) is 16.5 Å². The first-order valence-electron chi connectivity index (χ1n) is 6.67. The smallest absolute Gasteiger partial charge is 0.547 e. The van der Waals surface area contributed by atoms with Crippen molar-refractivity contribution in [2.24, 2.45) is 0 Å². The number of benzene rings is 1. The van der Waals surface area contributed by atoms with Crippen LogP contribution in [0.3, 0.4) is 0 Å². The number of esters is 1. The second-order valence-corrected chi connectivity index (χ2v) is 4.94. The van der Waals surface area contributed by atoms with Gasteiger partial charge in [0.05, 0.1) is 18.5 Å². The molecule has 2 heterocycles. The van der Waals surface area contributed by atoms with Gasteiger partial charge in [-0.1, -0.05) is 30.3 Å². The van der Waals surface area contributed by atoms with Crippen molar-refractivity contribution in [3.8, 4) is 0 Å². The van der Waals surface area contributed by atoms with E-state index in [0.29, 0.717) is 0 Å². The average molecular weight is 325 g/mol. The standard InChI is InChI=1S/C15H13NO6.Na/c17-11-7-12-16(11)14(15(19)20)10(22-12)6-13(18)21-8-9-4-2-1-3-5-9;/h1-6,12,14H,7-8H2,(H,19,20);/q;+1/p-1/b10-6+;. The summed E-state index contributed by atoms with van der Waals surface area (Å²) in [5.74, 6) is -2.70. The molecule has 0 aromatic heterocycles. The monoisotopic (exact) mass is 325 g/mol. The zero-order valence-electron chi connectivity index (χ0n) is 12.4. The number of hydrogen-bond donors (Lipinski definition) is 0. The Labute approximate surface area is 154 Å². The van der Waals surface area contributed by atoms with Gasteiger partial charge in [-0.15, -0.1) is 0 Å². The molecule has 0 aliphatic carbocycles. The summed E-state index contributed by atoms with van der Waals surface area (Å²) < 4.78 is 10.3. The van der Waals surface area contributed by atoms with Crippen molar-refractivity contribution in [2.75, 3.05) is 0 Å². The van der Waals surface area contributed by atoms with Crippen molar-refractivity contribution >= 4 is 17.8 Å². The summed E-state index contributed by atoms with van der Waals surface area (Å²) in [6.07, 6.45) is 0.415. The third kappa shape index (κ3) is 3.57. The van der Waals surface area contributed by atoms with Crippen molar-refractivity contribution in [1.29, 1.82) is 0 Å². The third-order valence-electron chi connectivity index (χ3n) is 3.47. The molecule has 0 radical (unpaired) electrons. The molecule has 0 bridgehead atoms. The molecule has 114 valence electrons. The average Bonchev–Trinajstić information content (AvgIpc) is 2.78. The number of amides is 1. The fourth-order valence-electron chi connectivity index (χ4n) is 2.40. The van der Waals surface area contributed by atoms with Crippen molar-refractivity contribution in [2.45, 2.75) is 25.3 Å². The molecule has 2 atom stereocenters. The van der Waals surface area contributed by atoms with Gasteiger partial charge in [0.15, 0.2) is 6.23 Å². The van der Waals surface area contributed by atoms with E-state index in [9.17, 15) is 19.5 Å². The van der Waals surface area contributed by atoms with Crippen molar-refractivity contribution in [3.05, 3.63) is 47.7 Å². The topological polar surface area (TPSA) is 96.0 Å². The SMILES string of the molecule is O=C(/C=C1/OC2CC(=O)N2C1C(=O)[O-])OCc1ccccc1.[Na+]. The normalized spacial score (nSPS) is 23.4. The Morgan fingerprint density at radius 2 is 2.04 bits per heavy atom. The predicted octanol–water partition coefficient (Wildman–Crippen LogP) is -3.68. The minimum atomic E-state index is -1.49. The van der Waals surface area contributed by atoms with Gasteiger partial charge in [-0.3, -0.25) is 9.69 Å². The number of nitrogens with zero attached hydrogens (tertiary/aromatic N) is 1. The summed E-state index contributed by atoms with van der Waals surface area (Å²) in [7, 11) is 0. The molecule has 0 saturated carbocycles. The maximum absolute atomic E-state index is 11.8. The Morgan fingerprint density at radius 1 is 1.35 bits per heavy atom. The van der Waals surface area contributed by atoms with E-state index in [4.69, 9.17) is 9.47 Å². The van der Waals surface area contributed by atoms with Crippen molar-refractivity contribution in [1.82, 2.24) is 4.90 Å². The quantitative estimate of drug-likeness (QED) is 0.245. The maximum Gasteiger partial charge on any atom is 1.00 e. The molecular weight excluding hydrogens is 313 g/mol. The van der Waals surface area contributed by atoms with Crippen LogP contribution in [-0.2, 0) is 30.5 Å². The van der Waals surface area contributed by atoms with Gasteiger partial charge >= 0.3 is 35.5 Å². The van der Waals surface area contributed by atoms with Crippen LogP contribution in [0.1, 0.15) is 12.0 Å². The van der Waals surface area contributed by atoms with Gasteiger partial charge in [-0.25, -0.2) is 4.79 Å². The van der Waals surface area contributed by atoms with Crippen LogP contribution >= 0.6 is 0 Å². The van der Waals surface area contributed by atoms with Gasteiger partial charge in [-0.2, -0.15) is 0 Å². The van der Waals surface area contributed by atoms with Crippen LogP contribution in [0.4, 0.5) is 0 Å². The first-order chi connectivity index (χ1) is 10.6. The second kappa shape index (κ2) is 7.16. The van der Waals surface area contributed by atoms with Gasteiger partial charge in [0, 0.05) is 0 Å². The molecule has 0 N–H and O–H groups in total. The summed E-state index contributed by atoms with van der Waals surface area (Å²) in [6, 6.07) is 7.68. The number of carboxylic acids is 1. The fraction of sp³-hybridized carbons (Fsp3) is 0.267. The first-order valence-corrected chi connectivity index (χ1v) is 6.67. The van der Waals surface area contributed by atoms with E-state index in [2.05, 4.69) is 0 Å². The van der Waals surface area contributed by atoms with E-state index < -0.39 is 24.2 Å². The first kappa shape index (κ1) is 17.5. The van der Waals surface area contributed by atoms with Crippen molar-refractivity contribution < 1.29 is 58.5 Å². The number of hydrogen-bond acceptors (Lipinski definition) is 6. The number of ether oxygens (including phenoxy) is 2. The summed E-state index contributed by atoms with van der Waals surface area (Å²) in [6.45, 7) is 0.0610. The van der Waals surface area contributed by atoms with Crippen LogP contribution in [-0.4, -0.2) is 35.0 Å². The molecule has 2 aliphatic rings. The van der Waals surface area contributed by atoms with Crippen LogP contribution < -0.4 is 34.7 Å². The molecule has 2 fully saturated rings. The number of fused-ring (bicyclic) bond motifs is 1. The minimum absolute atomic E-state index is 0. The van der Waals surface area contributed by atoms with Crippen LogP contribution in [0.2, 0.25) is 0 Å². The van der Waals surface area contributed by atoms with Crippen LogP contribution in [0.25, 0.3) is 0 Å². The molecular formula is C15H12NNaO6. The van der Waals surface area contributed by atoms with Gasteiger partial charge < -0.3 is 19.4 Å². The number of aliphatic carboxylic acids is 1. The van der Waals surface area contributed by atoms with Gasteiger partial charge in [-0.05, 0) is 5.56 Å². The number of carbonyl (C=O) groups excluding carboxylic acids is 3. The summed E-state index contributed by atoms with van der Waals surface area (Å²) >= 11 is 0. The fourth-order valence-corrected chi connectivity index (χ4v) is 2.40. The summed E-state index contributed by atoms with van der Waals surface area (Å²) in [4.78, 5) is 35.3. The molecule has 8 heteroatoms. The Morgan fingerprint density at radius 3 is 2.65 bits per heavy atom. The van der Waals surface area contributed by atoms with Crippen LogP contribution in [0.5, 0.6) is 0 Å². The summed E-state index contributed by atoms with van der Waals surface area (Å²) in [5, 5.41) is 11.1. The Bertz CT molecular complexity index is 659. The molecule has 2 unspecified atom stereocenters. The zero-order valence-corrected chi connectivity index (χ0v) is 14.4. The van der Waals surface area contributed by atoms with Crippen molar-refractivity contribution in [3.63, 3.8) is 0 Å². The van der Waals surface area contributed by atoms with Crippen LogP contribution in [0.15, 0.2) is 42.2 Å². The Kier molecular flexibility index (Phi) is 5.46. The molecule has 1 amide bonds. The van der Waals surface area contributed by atoms with Gasteiger partial charge in [0.25, 0.3) is 0 Å². The number of carboxylic acid groups (broad SMARTS) is 1. The molecule has 2 saturated heterocycles. The summed E-state index contributed by atoms with van der Waals surface area (Å²) in [5.41, 5.74) is 0.803. The number of carbonyl (C=O) groups is 3. The van der Waals surface area contributed by atoms with E-state index in [1.54, 1.807) is 12.1 Å². The van der Waals surface area contributed by atoms with Gasteiger partial charge in [0.2, 0.25) is 5.91 Å². The molecule has 23 heavy (non-hydrogen) atoms. The number of β-lactam (4-membered cyclic amide) rings is 1. The largest absolute Gasteiger partial charge is 1.00 e.